The average molecular weight is 263 g/mol. The molecule has 1 aromatic rings. The highest BCUT2D eigenvalue weighted by molar-refractivity contribution is 5.20. The standard InChI is InChI=1S/C15H25N3O/c1-9-6-5-7-13(8-9)17-11(3)14-10(2)16-12(4)18-15(14)19/h9,11,13,17H,5-8H2,1-4H3,(H,16,18,19). The van der Waals surface area contributed by atoms with Crippen molar-refractivity contribution in [3.05, 3.63) is 27.4 Å². The van der Waals surface area contributed by atoms with Gasteiger partial charge in [0.2, 0.25) is 0 Å². The second kappa shape index (κ2) is 5.87. The lowest BCUT2D eigenvalue weighted by Gasteiger charge is -2.30. The first-order valence-corrected chi connectivity index (χ1v) is 7.31. The highest BCUT2D eigenvalue weighted by Crippen LogP contribution is 2.25. The Balaban J connectivity index is 2.11. The first-order valence-electron chi connectivity index (χ1n) is 7.31. The van der Waals surface area contributed by atoms with Crippen molar-refractivity contribution in [2.45, 2.75) is 65.5 Å². The third-order valence-corrected chi connectivity index (χ3v) is 4.12. The second-order valence-corrected chi connectivity index (χ2v) is 6.01. The molecule has 106 valence electrons. The molecule has 4 nitrogen and oxygen atoms in total. The predicted octanol–water partition coefficient (Wildman–Crippen LogP) is 2.62. The number of aryl methyl sites for hydroxylation is 2. The lowest BCUT2D eigenvalue weighted by Crippen LogP contribution is -2.37. The fraction of sp³-hybridized carbons (Fsp3) is 0.733. The summed E-state index contributed by atoms with van der Waals surface area (Å²) < 4.78 is 0. The van der Waals surface area contributed by atoms with E-state index in [1.807, 2.05) is 13.8 Å². The van der Waals surface area contributed by atoms with Gasteiger partial charge in [-0.1, -0.05) is 19.8 Å². The summed E-state index contributed by atoms with van der Waals surface area (Å²) in [5.74, 6) is 1.47. The Hall–Kier alpha value is -1.16. The van der Waals surface area contributed by atoms with E-state index in [9.17, 15) is 4.79 Å². The van der Waals surface area contributed by atoms with Crippen molar-refractivity contribution in [3.8, 4) is 0 Å². The fourth-order valence-electron chi connectivity index (χ4n) is 3.27. The van der Waals surface area contributed by atoms with E-state index in [4.69, 9.17) is 0 Å². The molecule has 0 aliphatic heterocycles. The Morgan fingerprint density at radius 1 is 1.37 bits per heavy atom. The van der Waals surface area contributed by atoms with Gasteiger partial charge in [-0.15, -0.1) is 0 Å². The van der Waals surface area contributed by atoms with Crippen molar-refractivity contribution >= 4 is 0 Å². The van der Waals surface area contributed by atoms with E-state index in [2.05, 4.69) is 29.1 Å². The molecule has 2 rings (SSSR count). The van der Waals surface area contributed by atoms with Gasteiger partial charge in [0.05, 0.1) is 5.56 Å². The maximum absolute atomic E-state index is 12.1. The van der Waals surface area contributed by atoms with Crippen LogP contribution in [0.2, 0.25) is 0 Å². The molecule has 0 spiro atoms. The zero-order chi connectivity index (χ0) is 14.0. The first-order chi connectivity index (χ1) is 8.97. The van der Waals surface area contributed by atoms with Crippen LogP contribution in [0, 0.1) is 19.8 Å². The smallest absolute Gasteiger partial charge is 0.255 e. The maximum Gasteiger partial charge on any atom is 0.255 e. The molecule has 0 radical (unpaired) electrons. The Morgan fingerprint density at radius 3 is 2.74 bits per heavy atom. The molecule has 1 aromatic heterocycles. The van der Waals surface area contributed by atoms with Gasteiger partial charge in [0.1, 0.15) is 5.82 Å². The Morgan fingerprint density at radius 2 is 2.11 bits per heavy atom. The summed E-state index contributed by atoms with van der Waals surface area (Å²) in [5, 5.41) is 3.61. The van der Waals surface area contributed by atoms with Crippen molar-refractivity contribution in [1.82, 2.24) is 15.3 Å². The summed E-state index contributed by atoms with van der Waals surface area (Å²) in [6, 6.07) is 0.589. The van der Waals surface area contributed by atoms with Gasteiger partial charge >= 0.3 is 0 Å². The number of nitrogens with one attached hydrogen (secondary N) is 2. The molecule has 0 amide bonds. The number of aromatic amines is 1. The van der Waals surface area contributed by atoms with Crippen molar-refractivity contribution < 1.29 is 0 Å². The van der Waals surface area contributed by atoms with Crippen LogP contribution in [0.4, 0.5) is 0 Å². The Kier molecular flexibility index (Phi) is 4.40. The summed E-state index contributed by atoms with van der Waals surface area (Å²) in [6.45, 7) is 8.11. The van der Waals surface area contributed by atoms with E-state index in [0.29, 0.717) is 11.9 Å². The molecule has 1 fully saturated rings. The van der Waals surface area contributed by atoms with Crippen LogP contribution in [0.1, 0.15) is 62.7 Å². The molecule has 0 saturated heterocycles. The molecule has 19 heavy (non-hydrogen) atoms. The molecule has 1 heterocycles. The van der Waals surface area contributed by atoms with Crippen LogP contribution in [0.15, 0.2) is 4.79 Å². The van der Waals surface area contributed by atoms with Crippen LogP contribution in [0.5, 0.6) is 0 Å². The summed E-state index contributed by atoms with van der Waals surface area (Å²) >= 11 is 0. The van der Waals surface area contributed by atoms with Crippen molar-refractivity contribution in [3.63, 3.8) is 0 Å². The summed E-state index contributed by atoms with van der Waals surface area (Å²) in [6.07, 6.45) is 5.04. The molecule has 2 N–H and O–H groups in total. The van der Waals surface area contributed by atoms with Gasteiger partial charge in [0, 0.05) is 17.8 Å². The van der Waals surface area contributed by atoms with E-state index in [-0.39, 0.29) is 11.6 Å². The number of hydrogen-bond donors (Lipinski definition) is 2. The average Bonchev–Trinajstić information content (AvgIpc) is 2.27. The maximum atomic E-state index is 12.1. The highest BCUT2D eigenvalue weighted by atomic mass is 16.1. The van der Waals surface area contributed by atoms with Crippen LogP contribution in [0.25, 0.3) is 0 Å². The summed E-state index contributed by atoms with van der Waals surface area (Å²) in [5.41, 5.74) is 1.61. The molecular weight excluding hydrogens is 238 g/mol. The summed E-state index contributed by atoms with van der Waals surface area (Å²) in [4.78, 5) is 19.2. The molecule has 0 bridgehead atoms. The van der Waals surface area contributed by atoms with Gasteiger partial charge in [0.15, 0.2) is 0 Å². The molecule has 3 unspecified atom stereocenters. The normalized spacial score (nSPS) is 25.3. The van der Waals surface area contributed by atoms with Gasteiger partial charge < -0.3 is 10.3 Å². The van der Waals surface area contributed by atoms with Crippen LogP contribution in [0.3, 0.4) is 0 Å². The van der Waals surface area contributed by atoms with Gasteiger partial charge in [-0.05, 0) is 39.5 Å². The van der Waals surface area contributed by atoms with Gasteiger partial charge in [0.25, 0.3) is 5.56 Å². The topological polar surface area (TPSA) is 57.8 Å². The van der Waals surface area contributed by atoms with Crippen LogP contribution >= 0.6 is 0 Å². The van der Waals surface area contributed by atoms with Crippen molar-refractivity contribution in [1.29, 1.82) is 0 Å². The Labute approximate surface area is 115 Å². The van der Waals surface area contributed by atoms with Crippen LogP contribution < -0.4 is 10.9 Å². The number of hydrogen-bond acceptors (Lipinski definition) is 3. The number of aromatic nitrogens is 2. The SMILES string of the molecule is Cc1nc(C)c(C(C)NC2CCCC(C)C2)c(=O)[nH]1. The van der Waals surface area contributed by atoms with E-state index < -0.39 is 0 Å². The predicted molar refractivity (Wildman–Crippen MR) is 77.3 cm³/mol. The lowest BCUT2D eigenvalue weighted by molar-refractivity contribution is 0.284. The number of H-pyrrole nitrogens is 1. The Bertz CT molecular complexity index is 495. The fourth-order valence-corrected chi connectivity index (χ4v) is 3.27. The molecular formula is C15H25N3O. The monoisotopic (exact) mass is 263 g/mol. The van der Waals surface area contributed by atoms with E-state index in [1.165, 1.54) is 25.7 Å². The third-order valence-electron chi connectivity index (χ3n) is 4.12. The minimum Gasteiger partial charge on any atom is -0.310 e. The highest BCUT2D eigenvalue weighted by Gasteiger charge is 2.22. The van der Waals surface area contributed by atoms with E-state index >= 15 is 0 Å². The number of nitrogens with zero attached hydrogens (tertiary/aromatic N) is 1. The third kappa shape index (κ3) is 3.44. The summed E-state index contributed by atoms with van der Waals surface area (Å²) in [7, 11) is 0. The second-order valence-electron chi connectivity index (χ2n) is 6.01. The molecule has 1 aliphatic carbocycles. The molecule has 1 saturated carbocycles. The minimum atomic E-state index is -0.00569. The van der Waals surface area contributed by atoms with Gasteiger partial charge in [-0.25, -0.2) is 4.98 Å². The molecule has 1 aliphatic rings. The van der Waals surface area contributed by atoms with E-state index in [1.54, 1.807) is 0 Å². The molecule has 0 aromatic carbocycles. The molecule has 3 atom stereocenters. The zero-order valence-electron chi connectivity index (χ0n) is 12.4. The van der Waals surface area contributed by atoms with Crippen molar-refractivity contribution in [2.75, 3.05) is 0 Å². The van der Waals surface area contributed by atoms with Crippen LogP contribution in [-0.4, -0.2) is 16.0 Å². The van der Waals surface area contributed by atoms with Crippen molar-refractivity contribution in [2.24, 2.45) is 5.92 Å². The van der Waals surface area contributed by atoms with Gasteiger partial charge in [-0.2, -0.15) is 0 Å². The van der Waals surface area contributed by atoms with Gasteiger partial charge in [-0.3, -0.25) is 4.79 Å². The lowest BCUT2D eigenvalue weighted by atomic mass is 9.86. The van der Waals surface area contributed by atoms with E-state index in [0.717, 1.165) is 17.2 Å². The number of rotatable bonds is 3. The quantitative estimate of drug-likeness (QED) is 0.881. The first kappa shape index (κ1) is 14.3. The minimum absolute atomic E-state index is 0.00569. The largest absolute Gasteiger partial charge is 0.310 e. The zero-order valence-corrected chi connectivity index (χ0v) is 12.4. The van der Waals surface area contributed by atoms with Crippen LogP contribution in [-0.2, 0) is 0 Å². The molecule has 4 heteroatoms.